The number of piperidine rings is 1. The van der Waals surface area contributed by atoms with Crippen LogP contribution in [0, 0.1) is 5.92 Å². The van der Waals surface area contributed by atoms with Crippen LogP contribution in [-0.4, -0.2) is 31.3 Å². The molecule has 13 heavy (non-hydrogen) atoms. The predicted octanol–water partition coefficient (Wildman–Crippen LogP) is 0.422. The molecule has 1 unspecified atom stereocenters. The first kappa shape index (κ1) is 10.9. The van der Waals surface area contributed by atoms with Gasteiger partial charge in [0.15, 0.2) is 0 Å². The summed E-state index contributed by atoms with van der Waals surface area (Å²) >= 11 is 4.01. The third-order valence-corrected chi connectivity index (χ3v) is 2.55. The Bertz CT molecular complexity index is 158. The molecule has 0 aromatic rings. The molecule has 4 heteroatoms. The first-order valence-corrected chi connectivity index (χ1v) is 5.54. The average Bonchev–Trinajstić information content (AvgIpc) is 2.17. The third-order valence-electron chi connectivity index (χ3n) is 2.33. The molecule has 0 saturated carbocycles. The molecular formula is C9H18N2OS. The van der Waals surface area contributed by atoms with Gasteiger partial charge in [-0.1, -0.05) is 0 Å². The number of nitrogens with one attached hydrogen (secondary N) is 2. The van der Waals surface area contributed by atoms with Crippen LogP contribution in [0.4, 0.5) is 0 Å². The van der Waals surface area contributed by atoms with E-state index in [1.54, 1.807) is 0 Å². The molecule has 0 aromatic heterocycles. The van der Waals surface area contributed by atoms with Crippen LogP contribution in [0.5, 0.6) is 0 Å². The van der Waals surface area contributed by atoms with Gasteiger partial charge in [0.05, 0.1) is 0 Å². The quantitative estimate of drug-likeness (QED) is 0.578. The first-order chi connectivity index (χ1) is 6.33. The van der Waals surface area contributed by atoms with Gasteiger partial charge in [0, 0.05) is 13.0 Å². The number of amides is 1. The minimum Gasteiger partial charge on any atom is -0.356 e. The maximum Gasteiger partial charge on any atom is 0.220 e. The van der Waals surface area contributed by atoms with Crippen molar-refractivity contribution in [1.82, 2.24) is 10.6 Å². The van der Waals surface area contributed by atoms with E-state index in [9.17, 15) is 4.79 Å². The van der Waals surface area contributed by atoms with Crippen molar-refractivity contribution in [3.05, 3.63) is 0 Å². The van der Waals surface area contributed by atoms with Gasteiger partial charge in [-0.15, -0.1) is 0 Å². The van der Waals surface area contributed by atoms with E-state index in [-0.39, 0.29) is 5.91 Å². The van der Waals surface area contributed by atoms with Crippen molar-refractivity contribution in [1.29, 1.82) is 0 Å². The number of carbonyl (C=O) groups is 1. The number of hydrogen-bond acceptors (Lipinski definition) is 3. The maximum atomic E-state index is 11.1. The van der Waals surface area contributed by atoms with Crippen molar-refractivity contribution in [2.24, 2.45) is 5.92 Å². The molecule has 1 saturated heterocycles. The molecule has 1 heterocycles. The first-order valence-electron chi connectivity index (χ1n) is 4.91. The molecule has 2 N–H and O–H groups in total. The maximum absolute atomic E-state index is 11.1. The largest absolute Gasteiger partial charge is 0.356 e. The van der Waals surface area contributed by atoms with E-state index in [2.05, 4.69) is 23.3 Å². The zero-order chi connectivity index (χ0) is 9.52. The lowest BCUT2D eigenvalue weighted by atomic mass is 10.00. The molecule has 0 bridgehead atoms. The minimum absolute atomic E-state index is 0.126. The van der Waals surface area contributed by atoms with Crippen LogP contribution in [0.15, 0.2) is 0 Å². The molecule has 1 aliphatic heterocycles. The van der Waals surface area contributed by atoms with Crippen LogP contribution >= 0.6 is 12.6 Å². The molecule has 0 spiro atoms. The standard InChI is InChI=1S/C9H18N2OS/c12-9(3-5-13)11-7-8-2-1-4-10-6-8/h8,10,13H,1-7H2,(H,11,12). The number of rotatable bonds is 4. The zero-order valence-corrected chi connectivity index (χ0v) is 8.78. The molecule has 0 aliphatic carbocycles. The summed E-state index contributed by atoms with van der Waals surface area (Å²) < 4.78 is 0. The predicted molar refractivity (Wildman–Crippen MR) is 57.1 cm³/mol. The van der Waals surface area contributed by atoms with Crippen LogP contribution in [0.2, 0.25) is 0 Å². The Hall–Kier alpha value is -0.220. The van der Waals surface area contributed by atoms with Crippen LogP contribution in [0.3, 0.4) is 0 Å². The van der Waals surface area contributed by atoms with Gasteiger partial charge in [0.25, 0.3) is 0 Å². The Morgan fingerprint density at radius 1 is 1.62 bits per heavy atom. The summed E-state index contributed by atoms with van der Waals surface area (Å²) in [6, 6.07) is 0. The van der Waals surface area contributed by atoms with E-state index < -0.39 is 0 Å². The van der Waals surface area contributed by atoms with Crippen molar-refractivity contribution < 1.29 is 4.79 Å². The van der Waals surface area contributed by atoms with Crippen molar-refractivity contribution in [3.8, 4) is 0 Å². The molecule has 3 nitrogen and oxygen atoms in total. The molecule has 1 amide bonds. The van der Waals surface area contributed by atoms with Crippen molar-refractivity contribution in [3.63, 3.8) is 0 Å². The topological polar surface area (TPSA) is 41.1 Å². The van der Waals surface area contributed by atoms with Crippen molar-refractivity contribution in [2.75, 3.05) is 25.4 Å². The van der Waals surface area contributed by atoms with Gasteiger partial charge < -0.3 is 10.6 Å². The molecule has 1 aliphatic rings. The second-order valence-corrected chi connectivity index (χ2v) is 3.94. The lowest BCUT2D eigenvalue weighted by Gasteiger charge is -2.22. The van der Waals surface area contributed by atoms with Gasteiger partial charge >= 0.3 is 0 Å². The van der Waals surface area contributed by atoms with E-state index in [1.807, 2.05) is 0 Å². The summed E-state index contributed by atoms with van der Waals surface area (Å²) in [6.45, 7) is 2.99. The van der Waals surface area contributed by atoms with Crippen molar-refractivity contribution in [2.45, 2.75) is 19.3 Å². The third kappa shape index (κ3) is 4.52. The molecule has 0 radical (unpaired) electrons. The lowest BCUT2D eigenvalue weighted by Crippen LogP contribution is -2.38. The number of carbonyl (C=O) groups excluding carboxylic acids is 1. The van der Waals surface area contributed by atoms with Gasteiger partial charge in [-0.05, 0) is 37.6 Å². The van der Waals surface area contributed by atoms with E-state index in [4.69, 9.17) is 0 Å². The fourth-order valence-electron chi connectivity index (χ4n) is 1.55. The van der Waals surface area contributed by atoms with Crippen molar-refractivity contribution >= 4 is 18.5 Å². The molecule has 0 aromatic carbocycles. The summed E-state index contributed by atoms with van der Waals surface area (Å²) in [6.07, 6.45) is 2.99. The van der Waals surface area contributed by atoms with Crippen LogP contribution in [0.25, 0.3) is 0 Å². The number of thiol groups is 1. The van der Waals surface area contributed by atoms with Gasteiger partial charge in [0.2, 0.25) is 5.91 Å². The molecule has 76 valence electrons. The van der Waals surface area contributed by atoms with Crippen LogP contribution in [0.1, 0.15) is 19.3 Å². The summed E-state index contributed by atoms with van der Waals surface area (Å²) in [5.41, 5.74) is 0. The Morgan fingerprint density at radius 2 is 2.46 bits per heavy atom. The summed E-state index contributed by atoms with van der Waals surface area (Å²) in [7, 11) is 0. The van der Waals surface area contributed by atoms with Gasteiger partial charge in [0.1, 0.15) is 0 Å². The van der Waals surface area contributed by atoms with Gasteiger partial charge in [-0.2, -0.15) is 12.6 Å². The Labute approximate surface area is 85.1 Å². The van der Waals surface area contributed by atoms with E-state index in [0.717, 1.165) is 19.6 Å². The lowest BCUT2D eigenvalue weighted by molar-refractivity contribution is -0.120. The van der Waals surface area contributed by atoms with Gasteiger partial charge in [-0.3, -0.25) is 4.79 Å². The monoisotopic (exact) mass is 202 g/mol. The smallest absolute Gasteiger partial charge is 0.220 e. The highest BCUT2D eigenvalue weighted by atomic mass is 32.1. The Kier molecular flexibility index (Phi) is 5.23. The Balaban J connectivity index is 2.06. The van der Waals surface area contributed by atoms with E-state index in [0.29, 0.717) is 18.1 Å². The fraction of sp³-hybridized carbons (Fsp3) is 0.889. The minimum atomic E-state index is 0.126. The van der Waals surface area contributed by atoms with Gasteiger partial charge in [-0.25, -0.2) is 0 Å². The summed E-state index contributed by atoms with van der Waals surface area (Å²) in [5, 5.41) is 6.25. The van der Waals surface area contributed by atoms with Crippen LogP contribution in [-0.2, 0) is 4.79 Å². The molecule has 1 rings (SSSR count). The van der Waals surface area contributed by atoms with E-state index >= 15 is 0 Å². The molecule has 1 atom stereocenters. The normalized spacial score (nSPS) is 22.7. The fourth-order valence-corrected chi connectivity index (χ4v) is 1.75. The summed E-state index contributed by atoms with van der Waals surface area (Å²) in [4.78, 5) is 11.1. The average molecular weight is 202 g/mol. The second kappa shape index (κ2) is 6.27. The molecular weight excluding hydrogens is 184 g/mol. The molecule has 1 fully saturated rings. The highest BCUT2D eigenvalue weighted by molar-refractivity contribution is 7.80. The summed E-state index contributed by atoms with van der Waals surface area (Å²) in [5.74, 6) is 1.38. The van der Waals surface area contributed by atoms with Crippen LogP contribution < -0.4 is 10.6 Å². The number of hydrogen-bond donors (Lipinski definition) is 3. The zero-order valence-electron chi connectivity index (χ0n) is 7.88. The highest BCUT2D eigenvalue weighted by Crippen LogP contribution is 2.08. The highest BCUT2D eigenvalue weighted by Gasteiger charge is 2.13. The van der Waals surface area contributed by atoms with E-state index in [1.165, 1.54) is 12.8 Å². The SMILES string of the molecule is O=C(CCS)NCC1CCCNC1. The second-order valence-electron chi connectivity index (χ2n) is 3.49. The Morgan fingerprint density at radius 3 is 3.08 bits per heavy atom.